The van der Waals surface area contributed by atoms with E-state index in [9.17, 15) is 4.79 Å². The van der Waals surface area contributed by atoms with Crippen LogP contribution in [0.5, 0.6) is 0 Å². The highest BCUT2D eigenvalue weighted by atomic mass is 32.1. The molecule has 1 saturated heterocycles. The number of methoxy groups -OCH3 is 1. The zero-order chi connectivity index (χ0) is 15.8. The van der Waals surface area contributed by atoms with Gasteiger partial charge in [-0.05, 0) is 25.2 Å². The van der Waals surface area contributed by atoms with Crippen molar-refractivity contribution in [2.45, 2.75) is 32.4 Å². The minimum absolute atomic E-state index is 0.0478. The maximum Gasteiger partial charge on any atom is 0.317 e. The van der Waals surface area contributed by atoms with Gasteiger partial charge < -0.3 is 19.7 Å². The molecule has 7 heteroatoms. The minimum atomic E-state index is -0.0478. The molecule has 1 aromatic heterocycles. The average Bonchev–Trinajstić information content (AvgIpc) is 2.99. The molecule has 0 radical (unpaired) electrons. The van der Waals surface area contributed by atoms with Crippen molar-refractivity contribution in [1.29, 1.82) is 0 Å². The number of nitrogens with zero attached hydrogens (tertiary/aromatic N) is 2. The van der Waals surface area contributed by atoms with Crippen LogP contribution in [0.4, 0.5) is 4.79 Å². The smallest absolute Gasteiger partial charge is 0.317 e. The van der Waals surface area contributed by atoms with Crippen molar-refractivity contribution in [2.75, 3.05) is 33.9 Å². The number of thiazole rings is 1. The molecule has 2 rings (SSSR count). The SMILES string of the molecule is COCc1nc(CNC(=O)N(C)CCC2CCOCC2)cs1. The number of rotatable bonds is 7. The summed E-state index contributed by atoms with van der Waals surface area (Å²) >= 11 is 1.55. The lowest BCUT2D eigenvalue weighted by atomic mass is 9.96. The lowest BCUT2D eigenvalue weighted by Gasteiger charge is -2.25. The fraction of sp³-hybridized carbons (Fsp3) is 0.733. The highest BCUT2D eigenvalue weighted by Gasteiger charge is 2.16. The minimum Gasteiger partial charge on any atom is -0.381 e. The molecule has 0 aliphatic carbocycles. The maximum absolute atomic E-state index is 12.1. The second kappa shape index (κ2) is 9.07. The first kappa shape index (κ1) is 17.2. The van der Waals surface area contributed by atoms with Crippen LogP contribution in [0.1, 0.15) is 30.0 Å². The van der Waals surface area contributed by atoms with Gasteiger partial charge in [0.05, 0.1) is 18.8 Å². The largest absolute Gasteiger partial charge is 0.381 e. The highest BCUT2D eigenvalue weighted by molar-refractivity contribution is 7.09. The van der Waals surface area contributed by atoms with Crippen LogP contribution < -0.4 is 5.32 Å². The number of amides is 2. The fourth-order valence-electron chi connectivity index (χ4n) is 2.43. The summed E-state index contributed by atoms with van der Waals surface area (Å²) in [6.07, 6.45) is 3.26. The monoisotopic (exact) mass is 327 g/mol. The number of ether oxygens (including phenoxy) is 2. The Morgan fingerprint density at radius 2 is 2.32 bits per heavy atom. The number of carbonyl (C=O) groups excluding carboxylic acids is 1. The highest BCUT2D eigenvalue weighted by Crippen LogP contribution is 2.18. The van der Waals surface area contributed by atoms with Crippen molar-refractivity contribution >= 4 is 17.4 Å². The molecule has 2 amide bonds. The van der Waals surface area contributed by atoms with Gasteiger partial charge in [-0.15, -0.1) is 11.3 Å². The molecule has 0 spiro atoms. The van der Waals surface area contributed by atoms with Gasteiger partial charge in [0.1, 0.15) is 5.01 Å². The molecule has 1 N–H and O–H groups in total. The summed E-state index contributed by atoms with van der Waals surface area (Å²) in [5.41, 5.74) is 0.878. The molecule has 124 valence electrons. The van der Waals surface area contributed by atoms with Crippen LogP contribution >= 0.6 is 11.3 Å². The molecular weight excluding hydrogens is 302 g/mol. The van der Waals surface area contributed by atoms with Crippen molar-refractivity contribution in [3.05, 3.63) is 16.1 Å². The fourth-order valence-corrected chi connectivity index (χ4v) is 3.20. The zero-order valence-corrected chi connectivity index (χ0v) is 14.2. The number of hydrogen-bond donors (Lipinski definition) is 1. The summed E-state index contributed by atoms with van der Waals surface area (Å²) in [5, 5.41) is 5.79. The van der Waals surface area contributed by atoms with Gasteiger partial charge in [0, 0.05) is 39.3 Å². The Hall–Kier alpha value is -1.18. The van der Waals surface area contributed by atoms with Gasteiger partial charge in [-0.2, -0.15) is 0 Å². The molecule has 0 saturated carbocycles. The molecular formula is C15H25N3O3S. The van der Waals surface area contributed by atoms with E-state index >= 15 is 0 Å². The third-order valence-corrected chi connectivity index (χ3v) is 4.72. The van der Waals surface area contributed by atoms with Crippen molar-refractivity contribution in [3.8, 4) is 0 Å². The first-order chi connectivity index (χ1) is 10.7. The van der Waals surface area contributed by atoms with Gasteiger partial charge in [-0.25, -0.2) is 9.78 Å². The standard InChI is InChI=1S/C15H25N3O3S/c1-18(6-3-12-4-7-21-8-5-12)15(19)16-9-13-11-22-14(17-13)10-20-2/h11-12H,3-10H2,1-2H3,(H,16,19). The predicted molar refractivity (Wildman–Crippen MR) is 85.9 cm³/mol. The second-order valence-electron chi connectivity index (χ2n) is 5.59. The maximum atomic E-state index is 12.1. The Labute approximate surface area is 135 Å². The van der Waals surface area contributed by atoms with Crippen molar-refractivity contribution < 1.29 is 14.3 Å². The van der Waals surface area contributed by atoms with Crippen molar-refractivity contribution in [1.82, 2.24) is 15.2 Å². The quantitative estimate of drug-likeness (QED) is 0.834. The first-order valence-electron chi connectivity index (χ1n) is 7.68. The van der Waals surface area contributed by atoms with Crippen LogP contribution in [0.25, 0.3) is 0 Å². The summed E-state index contributed by atoms with van der Waals surface area (Å²) in [6.45, 7) is 3.47. The first-order valence-corrected chi connectivity index (χ1v) is 8.56. The number of carbonyl (C=O) groups is 1. The summed E-state index contributed by atoms with van der Waals surface area (Å²) < 4.78 is 10.4. The van der Waals surface area contributed by atoms with Gasteiger partial charge in [0.25, 0.3) is 0 Å². The normalized spacial score (nSPS) is 15.7. The van der Waals surface area contributed by atoms with E-state index in [2.05, 4.69) is 10.3 Å². The Balaban J connectivity index is 1.66. The third kappa shape index (κ3) is 5.55. The number of aromatic nitrogens is 1. The van der Waals surface area contributed by atoms with Gasteiger partial charge >= 0.3 is 6.03 Å². The van der Waals surface area contributed by atoms with Crippen molar-refractivity contribution in [2.24, 2.45) is 5.92 Å². The van der Waals surface area contributed by atoms with E-state index in [0.29, 0.717) is 19.1 Å². The molecule has 22 heavy (non-hydrogen) atoms. The molecule has 0 atom stereocenters. The lowest BCUT2D eigenvalue weighted by molar-refractivity contribution is 0.0619. The lowest BCUT2D eigenvalue weighted by Crippen LogP contribution is -2.38. The van der Waals surface area contributed by atoms with Gasteiger partial charge in [0.15, 0.2) is 0 Å². The Bertz CT molecular complexity index is 461. The van der Waals surface area contributed by atoms with E-state index in [-0.39, 0.29) is 6.03 Å². The Morgan fingerprint density at radius 1 is 1.55 bits per heavy atom. The van der Waals surface area contributed by atoms with Crippen LogP contribution in [-0.4, -0.2) is 49.8 Å². The Kier molecular flexibility index (Phi) is 7.08. The molecule has 2 heterocycles. The molecule has 1 aromatic rings. The summed E-state index contributed by atoms with van der Waals surface area (Å²) in [7, 11) is 3.49. The van der Waals surface area contributed by atoms with E-state index in [1.807, 2.05) is 12.4 Å². The van der Waals surface area contributed by atoms with E-state index in [4.69, 9.17) is 9.47 Å². The van der Waals surface area contributed by atoms with Gasteiger partial charge in [-0.1, -0.05) is 0 Å². The Morgan fingerprint density at radius 3 is 3.05 bits per heavy atom. The summed E-state index contributed by atoms with van der Waals surface area (Å²) in [6, 6.07) is -0.0478. The van der Waals surface area contributed by atoms with Crippen LogP contribution in [0.15, 0.2) is 5.38 Å². The number of hydrogen-bond acceptors (Lipinski definition) is 5. The zero-order valence-electron chi connectivity index (χ0n) is 13.3. The molecule has 0 bridgehead atoms. The van der Waals surface area contributed by atoms with Crippen LogP contribution in [0.3, 0.4) is 0 Å². The van der Waals surface area contributed by atoms with Crippen LogP contribution in [0, 0.1) is 5.92 Å². The molecule has 1 aliphatic heterocycles. The average molecular weight is 327 g/mol. The van der Waals surface area contributed by atoms with Crippen molar-refractivity contribution in [3.63, 3.8) is 0 Å². The van der Waals surface area contributed by atoms with E-state index in [1.165, 1.54) is 0 Å². The molecule has 1 fully saturated rings. The topological polar surface area (TPSA) is 63.7 Å². The number of nitrogens with one attached hydrogen (secondary N) is 1. The molecule has 6 nitrogen and oxygen atoms in total. The molecule has 1 aliphatic rings. The number of urea groups is 1. The van der Waals surface area contributed by atoms with E-state index in [1.54, 1.807) is 23.3 Å². The summed E-state index contributed by atoms with van der Waals surface area (Å²) in [5.74, 6) is 0.680. The predicted octanol–water partition coefficient (Wildman–Crippen LogP) is 2.25. The van der Waals surface area contributed by atoms with Gasteiger partial charge in [-0.3, -0.25) is 0 Å². The van der Waals surface area contributed by atoms with E-state index in [0.717, 1.165) is 49.7 Å². The molecule has 0 unspecified atom stereocenters. The second-order valence-corrected chi connectivity index (χ2v) is 6.53. The van der Waals surface area contributed by atoms with E-state index < -0.39 is 0 Å². The third-order valence-electron chi connectivity index (χ3n) is 3.85. The molecule has 0 aromatic carbocycles. The summed E-state index contributed by atoms with van der Waals surface area (Å²) in [4.78, 5) is 18.2. The van der Waals surface area contributed by atoms with Gasteiger partial charge in [0.2, 0.25) is 0 Å². The van der Waals surface area contributed by atoms with Crippen LogP contribution in [-0.2, 0) is 22.6 Å². The van der Waals surface area contributed by atoms with Crippen LogP contribution in [0.2, 0.25) is 0 Å².